The quantitative estimate of drug-likeness (QED) is 0.517. The number of aromatic nitrogens is 1. The topological polar surface area (TPSA) is 39.2 Å². The van der Waals surface area contributed by atoms with Gasteiger partial charge in [0.15, 0.2) is 0 Å². The molecule has 2 rings (SSSR count). The Morgan fingerprint density at radius 3 is 2.85 bits per heavy atom. The van der Waals surface area contributed by atoms with E-state index in [1.165, 1.54) is 0 Å². The first-order chi connectivity index (χ1) is 6.00. The Morgan fingerprint density at radius 2 is 2.15 bits per heavy atom. The molecule has 0 N–H and O–H groups in total. The highest BCUT2D eigenvalue weighted by Gasteiger charge is 2.39. The second-order valence-electron chi connectivity index (χ2n) is 3.43. The van der Waals surface area contributed by atoms with Crippen molar-refractivity contribution in [2.24, 2.45) is 0 Å². The Kier molecular flexibility index (Phi) is 1.70. The highest BCUT2D eigenvalue weighted by molar-refractivity contribution is 9.10. The first-order valence-electron chi connectivity index (χ1n) is 3.91. The van der Waals surface area contributed by atoms with Crippen LogP contribution in [0.2, 0.25) is 0 Å². The number of halogens is 1. The fraction of sp³-hybridized carbons (Fsp3) is 0.333. The van der Waals surface area contributed by atoms with Crippen molar-refractivity contribution in [1.82, 2.24) is 4.98 Å². The zero-order valence-corrected chi connectivity index (χ0v) is 8.88. The average Bonchev–Trinajstić information content (AvgIpc) is 2.23. The summed E-state index contributed by atoms with van der Waals surface area (Å²) < 4.78 is 5.87. The lowest BCUT2D eigenvalue weighted by Crippen LogP contribution is -2.17. The number of esters is 1. The van der Waals surface area contributed by atoms with Gasteiger partial charge in [0.2, 0.25) is 0 Å². The molecule has 0 saturated carbocycles. The first kappa shape index (κ1) is 8.69. The summed E-state index contributed by atoms with van der Waals surface area (Å²) >= 11 is 3.26. The molecule has 1 aromatic heterocycles. The van der Waals surface area contributed by atoms with Crippen LogP contribution >= 0.6 is 15.9 Å². The van der Waals surface area contributed by atoms with E-state index in [2.05, 4.69) is 20.9 Å². The van der Waals surface area contributed by atoms with Crippen LogP contribution in [-0.4, -0.2) is 11.0 Å². The molecule has 0 radical (unpaired) electrons. The monoisotopic (exact) mass is 241 g/mol. The highest BCUT2D eigenvalue weighted by atomic mass is 79.9. The SMILES string of the molecule is CC1(C)OC(=O)c2ccc(Br)nc21. The molecule has 0 spiro atoms. The summed E-state index contributed by atoms with van der Waals surface area (Å²) in [5.74, 6) is -0.292. The van der Waals surface area contributed by atoms with Gasteiger partial charge in [0.05, 0.1) is 11.3 Å². The lowest BCUT2D eigenvalue weighted by molar-refractivity contribution is 0.00828. The van der Waals surface area contributed by atoms with E-state index in [-0.39, 0.29) is 5.97 Å². The molecular formula is C9H8BrNO2. The molecule has 4 heteroatoms. The van der Waals surface area contributed by atoms with Crippen LogP contribution in [0.3, 0.4) is 0 Å². The molecular weight excluding hydrogens is 234 g/mol. The third-order valence-electron chi connectivity index (χ3n) is 2.00. The summed E-state index contributed by atoms with van der Waals surface area (Å²) in [6, 6.07) is 3.46. The molecule has 13 heavy (non-hydrogen) atoms. The number of hydrogen-bond donors (Lipinski definition) is 0. The largest absolute Gasteiger partial charge is 0.449 e. The van der Waals surface area contributed by atoms with Crippen molar-refractivity contribution < 1.29 is 9.53 Å². The van der Waals surface area contributed by atoms with E-state index in [9.17, 15) is 4.79 Å². The Balaban J connectivity index is 2.66. The molecule has 0 unspecified atom stereocenters. The molecule has 0 aromatic carbocycles. The Labute approximate surface area is 84.2 Å². The van der Waals surface area contributed by atoms with Gasteiger partial charge in [0, 0.05) is 0 Å². The van der Waals surface area contributed by atoms with Crippen LogP contribution in [0, 0.1) is 0 Å². The molecule has 0 bridgehead atoms. The molecule has 1 aliphatic rings. The summed E-state index contributed by atoms with van der Waals surface area (Å²) in [6.07, 6.45) is 0. The van der Waals surface area contributed by atoms with Crippen molar-refractivity contribution in [2.75, 3.05) is 0 Å². The van der Waals surface area contributed by atoms with Crippen LogP contribution < -0.4 is 0 Å². The molecule has 0 amide bonds. The van der Waals surface area contributed by atoms with E-state index < -0.39 is 5.60 Å². The van der Waals surface area contributed by atoms with Crippen LogP contribution in [0.4, 0.5) is 0 Å². The van der Waals surface area contributed by atoms with Crippen LogP contribution in [0.5, 0.6) is 0 Å². The second kappa shape index (κ2) is 2.54. The van der Waals surface area contributed by atoms with E-state index >= 15 is 0 Å². The zero-order chi connectivity index (χ0) is 9.64. The number of rotatable bonds is 0. The van der Waals surface area contributed by atoms with Gasteiger partial charge >= 0.3 is 5.97 Å². The highest BCUT2D eigenvalue weighted by Crippen LogP contribution is 2.34. The van der Waals surface area contributed by atoms with E-state index in [0.29, 0.717) is 11.3 Å². The van der Waals surface area contributed by atoms with Gasteiger partial charge in [-0.05, 0) is 41.9 Å². The minimum Gasteiger partial charge on any atom is -0.449 e. The third kappa shape index (κ3) is 1.25. The van der Waals surface area contributed by atoms with E-state index in [4.69, 9.17) is 4.74 Å². The van der Waals surface area contributed by atoms with Gasteiger partial charge in [-0.3, -0.25) is 0 Å². The first-order valence-corrected chi connectivity index (χ1v) is 4.70. The summed E-state index contributed by atoms with van der Waals surface area (Å²) in [5.41, 5.74) is 0.663. The molecule has 0 atom stereocenters. The van der Waals surface area contributed by atoms with Crippen molar-refractivity contribution >= 4 is 21.9 Å². The Hall–Kier alpha value is -0.900. The standard InChI is InChI=1S/C9H8BrNO2/c1-9(2)7-5(8(12)13-9)3-4-6(10)11-7/h3-4H,1-2H3. The van der Waals surface area contributed by atoms with E-state index in [1.54, 1.807) is 12.1 Å². The number of carbonyl (C=O) groups is 1. The molecule has 1 aromatic rings. The number of ether oxygens (including phenoxy) is 1. The van der Waals surface area contributed by atoms with Crippen LogP contribution in [0.1, 0.15) is 29.9 Å². The van der Waals surface area contributed by atoms with Crippen LogP contribution in [0.15, 0.2) is 16.7 Å². The molecule has 3 nitrogen and oxygen atoms in total. The summed E-state index contributed by atoms with van der Waals surface area (Å²) in [4.78, 5) is 15.5. The lowest BCUT2D eigenvalue weighted by Gasteiger charge is -2.15. The number of fused-ring (bicyclic) bond motifs is 1. The molecule has 2 heterocycles. The van der Waals surface area contributed by atoms with Gasteiger partial charge in [-0.1, -0.05) is 0 Å². The Bertz CT molecular complexity index is 387. The van der Waals surface area contributed by atoms with Crippen LogP contribution in [0.25, 0.3) is 0 Å². The van der Waals surface area contributed by atoms with E-state index in [0.717, 1.165) is 4.60 Å². The Morgan fingerprint density at radius 1 is 1.46 bits per heavy atom. The number of nitrogens with zero attached hydrogens (tertiary/aromatic N) is 1. The predicted octanol–water partition coefficient (Wildman–Crippen LogP) is 2.25. The van der Waals surface area contributed by atoms with Gasteiger partial charge in [-0.2, -0.15) is 0 Å². The number of hydrogen-bond acceptors (Lipinski definition) is 3. The zero-order valence-electron chi connectivity index (χ0n) is 7.30. The van der Waals surface area contributed by atoms with Crippen LogP contribution in [-0.2, 0) is 10.3 Å². The summed E-state index contributed by atoms with van der Waals surface area (Å²) in [6.45, 7) is 3.66. The minimum absolute atomic E-state index is 0.292. The summed E-state index contributed by atoms with van der Waals surface area (Å²) in [7, 11) is 0. The number of pyridine rings is 1. The maximum atomic E-state index is 11.3. The average molecular weight is 242 g/mol. The van der Waals surface area contributed by atoms with E-state index in [1.807, 2.05) is 13.8 Å². The van der Waals surface area contributed by atoms with Gasteiger partial charge in [0.25, 0.3) is 0 Å². The molecule has 68 valence electrons. The van der Waals surface area contributed by atoms with Gasteiger partial charge in [-0.15, -0.1) is 0 Å². The van der Waals surface area contributed by atoms with Gasteiger partial charge in [0.1, 0.15) is 10.2 Å². The third-order valence-corrected chi connectivity index (χ3v) is 2.44. The number of carbonyl (C=O) groups excluding carboxylic acids is 1. The molecule has 1 aliphatic heterocycles. The van der Waals surface area contributed by atoms with Gasteiger partial charge < -0.3 is 4.74 Å². The lowest BCUT2D eigenvalue weighted by atomic mass is 10.0. The maximum Gasteiger partial charge on any atom is 0.341 e. The molecule has 0 fully saturated rings. The molecule has 0 saturated heterocycles. The second-order valence-corrected chi connectivity index (χ2v) is 4.24. The van der Waals surface area contributed by atoms with Crippen molar-refractivity contribution in [3.05, 3.63) is 28.0 Å². The normalized spacial score (nSPS) is 18.2. The van der Waals surface area contributed by atoms with Crippen molar-refractivity contribution in [1.29, 1.82) is 0 Å². The maximum absolute atomic E-state index is 11.3. The van der Waals surface area contributed by atoms with Crippen molar-refractivity contribution in [3.63, 3.8) is 0 Å². The minimum atomic E-state index is -0.601. The predicted molar refractivity (Wildman–Crippen MR) is 50.4 cm³/mol. The fourth-order valence-corrected chi connectivity index (χ4v) is 1.70. The molecule has 0 aliphatic carbocycles. The fourth-order valence-electron chi connectivity index (χ4n) is 1.39. The van der Waals surface area contributed by atoms with Crippen molar-refractivity contribution in [3.8, 4) is 0 Å². The van der Waals surface area contributed by atoms with Crippen molar-refractivity contribution in [2.45, 2.75) is 19.4 Å². The smallest absolute Gasteiger partial charge is 0.341 e. The van der Waals surface area contributed by atoms with Gasteiger partial charge in [-0.25, -0.2) is 9.78 Å². The summed E-state index contributed by atoms with van der Waals surface area (Å²) in [5, 5.41) is 0. The number of cyclic esters (lactones) is 1.